The van der Waals surface area contributed by atoms with Crippen LogP contribution >= 0.6 is 0 Å². The number of aromatic nitrogens is 4. The molecule has 0 radical (unpaired) electrons. The van der Waals surface area contributed by atoms with Crippen molar-refractivity contribution >= 4 is 5.91 Å². The van der Waals surface area contributed by atoms with Crippen molar-refractivity contribution in [3.8, 4) is 11.6 Å². The Kier molecular flexibility index (Phi) is 6.57. The fourth-order valence-corrected chi connectivity index (χ4v) is 4.56. The van der Waals surface area contributed by atoms with E-state index < -0.39 is 0 Å². The van der Waals surface area contributed by atoms with E-state index in [1.54, 1.807) is 6.20 Å². The van der Waals surface area contributed by atoms with Gasteiger partial charge in [0.25, 0.3) is 5.91 Å². The number of piperidine rings is 1. The minimum atomic E-state index is 0.0430. The normalized spacial score (nSPS) is 15.7. The van der Waals surface area contributed by atoms with E-state index in [1.807, 2.05) is 90.3 Å². The van der Waals surface area contributed by atoms with Gasteiger partial charge in [-0.1, -0.05) is 36.4 Å². The van der Waals surface area contributed by atoms with Crippen LogP contribution in [0.3, 0.4) is 0 Å². The fourth-order valence-electron chi connectivity index (χ4n) is 4.56. The highest BCUT2D eigenvalue weighted by Crippen LogP contribution is 2.29. The van der Waals surface area contributed by atoms with Crippen molar-refractivity contribution in [2.75, 3.05) is 13.1 Å². The average molecular weight is 468 g/mol. The van der Waals surface area contributed by atoms with Gasteiger partial charge in [-0.15, -0.1) is 0 Å². The lowest BCUT2D eigenvalue weighted by Crippen LogP contribution is -2.40. The molecule has 0 N–H and O–H groups in total. The highest BCUT2D eigenvalue weighted by molar-refractivity contribution is 5.95. The summed E-state index contributed by atoms with van der Waals surface area (Å²) in [5.41, 5.74) is 3.58. The van der Waals surface area contributed by atoms with Crippen molar-refractivity contribution in [1.29, 1.82) is 0 Å². The van der Waals surface area contributed by atoms with Gasteiger partial charge in [0.1, 0.15) is 11.6 Å². The summed E-state index contributed by atoms with van der Waals surface area (Å²) in [5, 5.41) is 4.29. The number of benzene rings is 2. The third-order valence-corrected chi connectivity index (χ3v) is 6.37. The van der Waals surface area contributed by atoms with Crippen molar-refractivity contribution in [1.82, 2.24) is 24.6 Å². The molecule has 5 rings (SSSR count). The second-order valence-corrected chi connectivity index (χ2v) is 9.02. The number of rotatable bonds is 6. The molecule has 1 atom stereocenters. The Morgan fingerprint density at radius 1 is 1.06 bits per heavy atom. The maximum Gasteiger partial charge on any atom is 0.254 e. The van der Waals surface area contributed by atoms with E-state index in [4.69, 9.17) is 14.7 Å². The first-order valence-corrected chi connectivity index (χ1v) is 12.0. The van der Waals surface area contributed by atoms with Crippen molar-refractivity contribution < 1.29 is 9.53 Å². The molecule has 35 heavy (non-hydrogen) atoms. The molecule has 7 nitrogen and oxygen atoms in total. The number of ether oxygens (including phenoxy) is 1. The molecule has 0 unspecified atom stereocenters. The summed E-state index contributed by atoms with van der Waals surface area (Å²) in [4.78, 5) is 25.0. The number of hydrogen-bond donors (Lipinski definition) is 0. The zero-order chi connectivity index (χ0) is 24.2. The smallest absolute Gasteiger partial charge is 0.254 e. The monoisotopic (exact) mass is 467 g/mol. The molecule has 178 valence electrons. The van der Waals surface area contributed by atoms with E-state index in [-0.39, 0.29) is 11.8 Å². The topological polar surface area (TPSA) is 73.1 Å². The van der Waals surface area contributed by atoms with E-state index >= 15 is 0 Å². The zero-order valence-electron chi connectivity index (χ0n) is 20.1. The van der Waals surface area contributed by atoms with Gasteiger partial charge in [-0.3, -0.25) is 9.48 Å². The maximum atomic E-state index is 13.6. The van der Waals surface area contributed by atoms with Crippen LogP contribution in [0.25, 0.3) is 0 Å². The number of aryl methyl sites for hydroxylation is 2. The molecule has 2 aromatic carbocycles. The molecule has 3 heterocycles. The molecule has 0 bridgehead atoms. The van der Waals surface area contributed by atoms with Gasteiger partial charge in [-0.2, -0.15) is 10.1 Å². The second kappa shape index (κ2) is 10.1. The van der Waals surface area contributed by atoms with E-state index in [2.05, 4.69) is 5.10 Å². The lowest BCUT2D eigenvalue weighted by molar-refractivity contribution is 0.0703. The van der Waals surface area contributed by atoms with Gasteiger partial charge < -0.3 is 9.64 Å². The first kappa shape index (κ1) is 22.8. The Hall–Kier alpha value is -4.00. The number of amides is 1. The molecule has 0 saturated carbocycles. The molecule has 0 spiro atoms. The molecule has 1 aliphatic rings. The van der Waals surface area contributed by atoms with Crippen LogP contribution in [0.2, 0.25) is 0 Å². The highest BCUT2D eigenvalue weighted by atomic mass is 16.5. The van der Waals surface area contributed by atoms with Crippen LogP contribution < -0.4 is 4.74 Å². The van der Waals surface area contributed by atoms with Gasteiger partial charge >= 0.3 is 0 Å². The van der Waals surface area contributed by atoms with Crippen molar-refractivity contribution in [2.24, 2.45) is 0 Å². The van der Waals surface area contributed by atoms with Gasteiger partial charge in [0, 0.05) is 48.7 Å². The molecular formula is C28H29N5O2. The molecule has 1 saturated heterocycles. The Bertz CT molecular complexity index is 1320. The summed E-state index contributed by atoms with van der Waals surface area (Å²) in [6, 6.07) is 19.4. The van der Waals surface area contributed by atoms with Crippen molar-refractivity contribution in [2.45, 2.75) is 39.2 Å². The minimum Gasteiger partial charge on any atom is -0.439 e. The first-order chi connectivity index (χ1) is 17.1. The van der Waals surface area contributed by atoms with Crippen LogP contribution in [-0.2, 0) is 6.54 Å². The number of hydrogen-bond acceptors (Lipinski definition) is 5. The summed E-state index contributed by atoms with van der Waals surface area (Å²) in [6.07, 6.45) is 5.50. The van der Waals surface area contributed by atoms with Crippen LogP contribution in [0.15, 0.2) is 73.1 Å². The molecular weight excluding hydrogens is 438 g/mol. The van der Waals surface area contributed by atoms with Crippen LogP contribution in [0, 0.1) is 13.8 Å². The standard InChI is InChI=1S/C28H29N5O2/c1-20-9-3-6-13-25(20)35-26-17-21(2)30-27(31-26)23-11-7-15-32(18-23)28(34)24-12-5-4-10-22(24)19-33-16-8-14-29-33/h3-6,8-10,12-14,16-17,23H,7,11,15,18-19H2,1-2H3/t23-/m1/s1. The summed E-state index contributed by atoms with van der Waals surface area (Å²) >= 11 is 0. The maximum absolute atomic E-state index is 13.6. The van der Waals surface area contributed by atoms with Crippen molar-refractivity contribution in [3.05, 3.63) is 101 Å². The first-order valence-electron chi connectivity index (χ1n) is 12.0. The molecule has 4 aromatic rings. The second-order valence-electron chi connectivity index (χ2n) is 9.02. The Morgan fingerprint density at radius 3 is 2.71 bits per heavy atom. The van der Waals surface area contributed by atoms with Gasteiger partial charge in [0.15, 0.2) is 0 Å². The Morgan fingerprint density at radius 2 is 1.89 bits per heavy atom. The highest BCUT2D eigenvalue weighted by Gasteiger charge is 2.28. The molecule has 1 aliphatic heterocycles. The number of likely N-dealkylation sites (tertiary alicyclic amines) is 1. The molecule has 2 aromatic heterocycles. The number of nitrogens with zero attached hydrogens (tertiary/aromatic N) is 5. The van der Waals surface area contributed by atoms with E-state index in [9.17, 15) is 4.79 Å². The Labute approximate surface area is 205 Å². The van der Waals surface area contributed by atoms with Gasteiger partial charge in [0.05, 0.1) is 6.54 Å². The third-order valence-electron chi connectivity index (χ3n) is 6.37. The molecule has 1 fully saturated rings. The van der Waals surface area contributed by atoms with Crippen LogP contribution in [0.5, 0.6) is 11.6 Å². The number of carbonyl (C=O) groups excluding carboxylic acids is 1. The van der Waals surface area contributed by atoms with Crippen molar-refractivity contribution in [3.63, 3.8) is 0 Å². The van der Waals surface area contributed by atoms with E-state index in [0.717, 1.165) is 53.3 Å². The lowest BCUT2D eigenvalue weighted by Gasteiger charge is -2.32. The Balaban J connectivity index is 1.35. The molecule has 7 heteroatoms. The predicted octanol–water partition coefficient (Wildman–Crippen LogP) is 5.15. The summed E-state index contributed by atoms with van der Waals surface area (Å²) < 4.78 is 7.93. The SMILES string of the molecule is Cc1cc(Oc2ccccc2C)nc([C@@H]2CCCN(C(=O)c3ccccc3Cn3cccn3)C2)n1. The summed E-state index contributed by atoms with van der Waals surface area (Å²) in [6.45, 7) is 5.84. The fraction of sp³-hybridized carbons (Fsp3) is 0.286. The van der Waals surface area contributed by atoms with E-state index in [1.165, 1.54) is 0 Å². The lowest BCUT2D eigenvalue weighted by atomic mass is 9.95. The zero-order valence-corrected chi connectivity index (χ0v) is 20.1. The van der Waals surface area contributed by atoms with Gasteiger partial charge in [0.2, 0.25) is 5.88 Å². The van der Waals surface area contributed by atoms with Gasteiger partial charge in [-0.05, 0) is 56.0 Å². The number of carbonyl (C=O) groups is 1. The molecule has 0 aliphatic carbocycles. The molecule has 1 amide bonds. The van der Waals surface area contributed by atoms with Crippen LogP contribution in [-0.4, -0.2) is 43.6 Å². The summed E-state index contributed by atoms with van der Waals surface area (Å²) in [7, 11) is 0. The van der Waals surface area contributed by atoms with Gasteiger partial charge in [-0.25, -0.2) is 4.98 Å². The third kappa shape index (κ3) is 5.24. The average Bonchev–Trinajstić information content (AvgIpc) is 3.38. The quantitative estimate of drug-likeness (QED) is 0.392. The number of para-hydroxylation sites is 1. The van der Waals surface area contributed by atoms with Crippen LogP contribution in [0.4, 0.5) is 0 Å². The van der Waals surface area contributed by atoms with Crippen LogP contribution in [0.1, 0.15) is 51.8 Å². The summed E-state index contributed by atoms with van der Waals surface area (Å²) in [5.74, 6) is 2.16. The largest absolute Gasteiger partial charge is 0.439 e. The van der Waals surface area contributed by atoms with E-state index in [0.29, 0.717) is 19.0 Å². The minimum absolute atomic E-state index is 0.0430. The predicted molar refractivity (Wildman–Crippen MR) is 134 cm³/mol.